The van der Waals surface area contributed by atoms with Crippen LogP contribution in [0.2, 0.25) is 0 Å². The van der Waals surface area contributed by atoms with Gasteiger partial charge in [-0.25, -0.2) is 4.98 Å². The fraction of sp³-hybridized carbons (Fsp3) is 0.429. The molecule has 2 N–H and O–H groups in total. The summed E-state index contributed by atoms with van der Waals surface area (Å²) in [5, 5.41) is 6.88. The second-order valence-corrected chi connectivity index (χ2v) is 5.93. The number of aromatic nitrogens is 2. The van der Waals surface area contributed by atoms with Crippen LogP contribution >= 0.6 is 11.3 Å². The van der Waals surface area contributed by atoms with Crippen molar-refractivity contribution < 1.29 is 9.53 Å². The average Bonchev–Trinajstić information content (AvgIpc) is 3.10. The predicted molar refractivity (Wildman–Crippen MR) is 81.8 cm³/mol. The Labute approximate surface area is 127 Å². The number of hydrogen-bond donors (Lipinski definition) is 2. The van der Waals surface area contributed by atoms with Gasteiger partial charge in [-0.3, -0.25) is 10.1 Å². The Morgan fingerprint density at radius 1 is 1.62 bits per heavy atom. The van der Waals surface area contributed by atoms with Crippen LogP contribution in [0.1, 0.15) is 21.1 Å². The molecule has 7 heteroatoms. The van der Waals surface area contributed by atoms with Gasteiger partial charge in [0.15, 0.2) is 5.13 Å². The predicted octanol–water partition coefficient (Wildman–Crippen LogP) is 1.49. The highest BCUT2D eigenvalue weighted by molar-refractivity contribution is 7.15. The molecule has 0 fully saturated rings. The van der Waals surface area contributed by atoms with Crippen LogP contribution in [-0.4, -0.2) is 35.7 Å². The normalized spacial score (nSPS) is 14.0. The van der Waals surface area contributed by atoms with Crippen molar-refractivity contribution in [1.82, 2.24) is 14.9 Å². The number of fused-ring (bicyclic) bond motifs is 1. The third-order valence-corrected chi connectivity index (χ3v) is 4.43. The second kappa shape index (κ2) is 6.38. The molecule has 0 unspecified atom stereocenters. The van der Waals surface area contributed by atoms with Crippen molar-refractivity contribution in [1.29, 1.82) is 0 Å². The molecular weight excluding hydrogens is 288 g/mol. The maximum Gasteiger partial charge on any atom is 0.274 e. The van der Waals surface area contributed by atoms with Gasteiger partial charge < -0.3 is 14.6 Å². The molecule has 3 rings (SSSR count). The van der Waals surface area contributed by atoms with Crippen molar-refractivity contribution in [3.05, 3.63) is 34.6 Å². The molecule has 0 aromatic carbocycles. The van der Waals surface area contributed by atoms with Crippen molar-refractivity contribution in [3.8, 4) is 0 Å². The summed E-state index contributed by atoms with van der Waals surface area (Å²) in [5.74, 6) is -0.129. The smallest absolute Gasteiger partial charge is 0.274 e. The summed E-state index contributed by atoms with van der Waals surface area (Å²) in [6.07, 6.45) is 2.80. The molecule has 1 aliphatic heterocycles. The van der Waals surface area contributed by atoms with Crippen LogP contribution in [0.5, 0.6) is 0 Å². The van der Waals surface area contributed by atoms with E-state index in [-0.39, 0.29) is 5.91 Å². The van der Waals surface area contributed by atoms with Crippen LogP contribution in [0.4, 0.5) is 5.13 Å². The van der Waals surface area contributed by atoms with Gasteiger partial charge in [-0.15, -0.1) is 11.3 Å². The molecule has 6 nitrogen and oxygen atoms in total. The Balaban J connectivity index is 1.71. The first-order valence-electron chi connectivity index (χ1n) is 6.92. The van der Waals surface area contributed by atoms with Gasteiger partial charge in [0.25, 0.3) is 5.91 Å². The maximum atomic E-state index is 12.4. The maximum absolute atomic E-state index is 12.4. The molecule has 0 saturated carbocycles. The fourth-order valence-corrected chi connectivity index (χ4v) is 3.32. The first kappa shape index (κ1) is 14.2. The van der Waals surface area contributed by atoms with Crippen molar-refractivity contribution in [2.75, 3.05) is 25.6 Å². The monoisotopic (exact) mass is 306 g/mol. The Morgan fingerprint density at radius 2 is 2.52 bits per heavy atom. The summed E-state index contributed by atoms with van der Waals surface area (Å²) < 4.78 is 6.94. The molecule has 0 aliphatic carbocycles. The number of hydrogen-bond acceptors (Lipinski definition) is 5. The molecule has 2 aromatic rings. The van der Waals surface area contributed by atoms with Crippen LogP contribution in [0, 0.1) is 0 Å². The van der Waals surface area contributed by atoms with Gasteiger partial charge in [-0.05, 0) is 12.1 Å². The number of methoxy groups -OCH3 is 1. The van der Waals surface area contributed by atoms with Gasteiger partial charge in [-0.2, -0.15) is 0 Å². The zero-order chi connectivity index (χ0) is 14.7. The summed E-state index contributed by atoms with van der Waals surface area (Å²) in [5.41, 5.74) is 1.72. The summed E-state index contributed by atoms with van der Waals surface area (Å²) in [4.78, 5) is 18.1. The van der Waals surface area contributed by atoms with E-state index in [0.717, 1.165) is 25.2 Å². The Hall–Kier alpha value is -1.70. The first-order chi connectivity index (χ1) is 10.3. The number of nitrogens with zero attached hydrogens (tertiary/aromatic N) is 2. The van der Waals surface area contributed by atoms with E-state index in [1.165, 1.54) is 4.88 Å². The average molecular weight is 306 g/mol. The molecule has 112 valence electrons. The third-order valence-electron chi connectivity index (χ3n) is 3.42. The summed E-state index contributed by atoms with van der Waals surface area (Å²) in [7, 11) is 1.65. The minimum absolute atomic E-state index is 0.129. The van der Waals surface area contributed by atoms with E-state index in [1.807, 2.05) is 16.8 Å². The van der Waals surface area contributed by atoms with Crippen LogP contribution in [-0.2, 0) is 24.2 Å². The summed E-state index contributed by atoms with van der Waals surface area (Å²) >= 11 is 1.55. The van der Waals surface area contributed by atoms with Crippen LogP contribution in [0.15, 0.2) is 18.3 Å². The highest BCUT2D eigenvalue weighted by Crippen LogP contribution is 2.25. The lowest BCUT2D eigenvalue weighted by atomic mass is 10.2. The Kier molecular flexibility index (Phi) is 4.33. The molecule has 0 atom stereocenters. The van der Waals surface area contributed by atoms with E-state index in [1.54, 1.807) is 24.5 Å². The van der Waals surface area contributed by atoms with Gasteiger partial charge in [0, 0.05) is 44.2 Å². The van der Waals surface area contributed by atoms with Crippen molar-refractivity contribution in [3.63, 3.8) is 0 Å². The van der Waals surface area contributed by atoms with Crippen molar-refractivity contribution in [2.24, 2.45) is 0 Å². The number of nitrogens with one attached hydrogen (secondary N) is 2. The van der Waals surface area contributed by atoms with Gasteiger partial charge >= 0.3 is 0 Å². The van der Waals surface area contributed by atoms with E-state index >= 15 is 0 Å². The number of carbonyl (C=O) groups is 1. The Bertz CT molecular complexity index is 611. The van der Waals surface area contributed by atoms with Gasteiger partial charge in [-0.1, -0.05) is 0 Å². The van der Waals surface area contributed by atoms with Crippen molar-refractivity contribution in [2.45, 2.75) is 19.5 Å². The zero-order valence-electron chi connectivity index (χ0n) is 11.9. The molecule has 2 aromatic heterocycles. The summed E-state index contributed by atoms with van der Waals surface area (Å²) in [6.45, 7) is 3.02. The van der Waals surface area contributed by atoms with Crippen LogP contribution in [0.3, 0.4) is 0 Å². The zero-order valence-corrected chi connectivity index (χ0v) is 12.7. The van der Waals surface area contributed by atoms with E-state index in [2.05, 4.69) is 15.6 Å². The minimum atomic E-state index is -0.129. The molecule has 3 heterocycles. The minimum Gasteiger partial charge on any atom is -0.383 e. The lowest BCUT2D eigenvalue weighted by Crippen LogP contribution is -2.22. The van der Waals surface area contributed by atoms with Gasteiger partial charge in [0.2, 0.25) is 0 Å². The molecule has 0 saturated heterocycles. The van der Waals surface area contributed by atoms with Crippen molar-refractivity contribution >= 4 is 22.4 Å². The highest BCUT2D eigenvalue weighted by atomic mass is 32.1. The third kappa shape index (κ3) is 3.15. The lowest BCUT2D eigenvalue weighted by Gasteiger charge is -2.09. The second-order valence-electron chi connectivity index (χ2n) is 4.85. The van der Waals surface area contributed by atoms with Crippen LogP contribution in [0.25, 0.3) is 0 Å². The number of thiazole rings is 1. The lowest BCUT2D eigenvalue weighted by molar-refractivity contribution is 0.101. The molecule has 0 bridgehead atoms. The quantitative estimate of drug-likeness (QED) is 0.878. The molecule has 1 aliphatic rings. The topological polar surface area (TPSA) is 68.2 Å². The number of amides is 1. The van der Waals surface area contributed by atoms with E-state index in [4.69, 9.17) is 4.74 Å². The van der Waals surface area contributed by atoms with E-state index in [9.17, 15) is 4.79 Å². The SMILES string of the molecule is COCCn1cccc1C(=O)Nc1nc2c(s1)CNCC2. The number of anilines is 1. The van der Waals surface area contributed by atoms with Gasteiger partial charge in [0.05, 0.1) is 12.3 Å². The highest BCUT2D eigenvalue weighted by Gasteiger charge is 2.17. The van der Waals surface area contributed by atoms with E-state index in [0.29, 0.717) is 24.0 Å². The summed E-state index contributed by atoms with van der Waals surface area (Å²) in [6, 6.07) is 3.67. The largest absolute Gasteiger partial charge is 0.383 e. The van der Waals surface area contributed by atoms with E-state index < -0.39 is 0 Å². The molecule has 1 amide bonds. The number of rotatable bonds is 5. The Morgan fingerprint density at radius 3 is 3.33 bits per heavy atom. The number of carbonyl (C=O) groups excluding carboxylic acids is 1. The van der Waals surface area contributed by atoms with Crippen LogP contribution < -0.4 is 10.6 Å². The number of ether oxygens (including phenoxy) is 1. The first-order valence-corrected chi connectivity index (χ1v) is 7.74. The fourth-order valence-electron chi connectivity index (χ4n) is 2.34. The molecule has 0 spiro atoms. The standard InChI is InChI=1S/C14H18N4O2S/c1-20-8-7-18-6-2-3-11(18)13(19)17-14-16-10-4-5-15-9-12(10)21-14/h2-3,6,15H,4-5,7-9H2,1H3,(H,16,17,19). The van der Waals surface area contributed by atoms with Gasteiger partial charge in [0.1, 0.15) is 5.69 Å². The molecular formula is C14H18N4O2S. The molecule has 21 heavy (non-hydrogen) atoms. The molecule has 0 radical (unpaired) electrons.